The van der Waals surface area contributed by atoms with Gasteiger partial charge >= 0.3 is 0 Å². The van der Waals surface area contributed by atoms with Gasteiger partial charge in [0.1, 0.15) is 0 Å². The first-order valence-corrected chi connectivity index (χ1v) is 4.32. The van der Waals surface area contributed by atoms with Crippen LogP contribution in [0, 0.1) is 5.41 Å². The topological polar surface area (TPSA) is 52.2 Å². The molecule has 10 heavy (non-hydrogen) atoms. The van der Waals surface area contributed by atoms with E-state index < -0.39 is 11.3 Å². The highest BCUT2D eigenvalue weighted by Crippen LogP contribution is 2.16. The van der Waals surface area contributed by atoms with Crippen molar-refractivity contribution >= 4 is 11.3 Å². The summed E-state index contributed by atoms with van der Waals surface area (Å²) in [7, 11) is 0. The van der Waals surface area contributed by atoms with Crippen molar-refractivity contribution in [2.24, 2.45) is 5.41 Å². The average Bonchev–Trinajstić information content (AvgIpc) is 1.59. The second-order valence-corrected chi connectivity index (χ2v) is 4.20. The van der Waals surface area contributed by atoms with E-state index in [0.29, 0.717) is 6.54 Å². The van der Waals surface area contributed by atoms with E-state index in [0.717, 1.165) is 6.42 Å². The predicted octanol–water partition coefficient (Wildman–Crippen LogP) is 0.806. The van der Waals surface area contributed by atoms with Crippen LogP contribution in [0.5, 0.6) is 0 Å². The number of hydrogen-bond donors (Lipinski definition) is 1. The van der Waals surface area contributed by atoms with Gasteiger partial charge in [-0.05, 0) is 11.8 Å². The van der Waals surface area contributed by atoms with Crippen molar-refractivity contribution in [3.05, 3.63) is 0 Å². The normalized spacial score (nSPS) is 15.2. The predicted molar refractivity (Wildman–Crippen MR) is 41.0 cm³/mol. The molecule has 0 aromatic carbocycles. The van der Waals surface area contributed by atoms with E-state index in [2.05, 4.69) is 25.5 Å². The molecule has 0 radical (unpaired) electrons. The van der Waals surface area contributed by atoms with Gasteiger partial charge in [0.25, 0.3) is 0 Å². The lowest BCUT2D eigenvalue weighted by Crippen LogP contribution is -2.22. The summed E-state index contributed by atoms with van der Waals surface area (Å²) in [4.78, 5) is 0. The molecule has 1 N–H and O–H groups in total. The van der Waals surface area contributed by atoms with Gasteiger partial charge in [0.05, 0.1) is 0 Å². The molecule has 62 valence electrons. The van der Waals surface area contributed by atoms with E-state index in [9.17, 15) is 8.76 Å². The Hall–Kier alpha value is 0.0700. The highest BCUT2D eigenvalue weighted by atomic mass is 32.2. The molecular formula is C6H14NO2S-. The zero-order valence-corrected chi connectivity index (χ0v) is 7.46. The molecule has 0 aliphatic carbocycles. The molecule has 0 saturated heterocycles. The van der Waals surface area contributed by atoms with Gasteiger partial charge in [-0.3, -0.25) is 4.21 Å². The lowest BCUT2D eigenvalue weighted by Gasteiger charge is -2.18. The van der Waals surface area contributed by atoms with Crippen molar-refractivity contribution < 1.29 is 8.76 Å². The Bertz CT molecular complexity index is 119. The highest BCUT2D eigenvalue weighted by molar-refractivity contribution is 7.77. The molecule has 0 aliphatic rings. The Balaban J connectivity index is 3.29. The van der Waals surface area contributed by atoms with Gasteiger partial charge in [-0.25, -0.2) is 4.72 Å². The molecule has 0 rings (SSSR count). The third-order valence-electron chi connectivity index (χ3n) is 1.09. The summed E-state index contributed by atoms with van der Waals surface area (Å²) in [6.07, 6.45) is 0.862. The van der Waals surface area contributed by atoms with Crippen LogP contribution >= 0.6 is 0 Å². The van der Waals surface area contributed by atoms with Crippen LogP contribution < -0.4 is 4.72 Å². The summed E-state index contributed by atoms with van der Waals surface area (Å²) in [6, 6.07) is 0. The molecule has 0 spiro atoms. The molecule has 1 unspecified atom stereocenters. The summed E-state index contributed by atoms with van der Waals surface area (Å²) in [5.41, 5.74) is 0.201. The van der Waals surface area contributed by atoms with Crippen LogP contribution in [0.25, 0.3) is 0 Å². The van der Waals surface area contributed by atoms with E-state index >= 15 is 0 Å². The molecule has 0 aromatic heterocycles. The summed E-state index contributed by atoms with van der Waals surface area (Å²) in [5, 5.41) is 0. The highest BCUT2D eigenvalue weighted by Gasteiger charge is 2.08. The standard InChI is InChI=1S/C6H15NO2S/c1-6(2,3)4-5-7-10(8)9/h7H,4-5H2,1-3H3,(H,8,9)/p-1. The van der Waals surface area contributed by atoms with Crippen molar-refractivity contribution in [1.82, 2.24) is 4.72 Å². The van der Waals surface area contributed by atoms with Gasteiger partial charge in [-0.1, -0.05) is 20.8 Å². The van der Waals surface area contributed by atoms with Crippen LogP contribution in [0.1, 0.15) is 27.2 Å². The van der Waals surface area contributed by atoms with Crippen LogP contribution in [0.3, 0.4) is 0 Å². The van der Waals surface area contributed by atoms with E-state index in [1.54, 1.807) is 0 Å². The maximum absolute atomic E-state index is 9.97. The monoisotopic (exact) mass is 164 g/mol. The third kappa shape index (κ3) is 8.07. The summed E-state index contributed by atoms with van der Waals surface area (Å²) >= 11 is -2.10. The molecule has 0 aliphatic heterocycles. The van der Waals surface area contributed by atoms with E-state index in [1.165, 1.54) is 0 Å². The fourth-order valence-electron chi connectivity index (χ4n) is 0.509. The summed E-state index contributed by atoms with van der Waals surface area (Å²) < 4.78 is 22.3. The molecule has 0 heterocycles. The smallest absolute Gasteiger partial charge is 0.0181 e. The third-order valence-corrected chi connectivity index (χ3v) is 1.53. The SMILES string of the molecule is CC(C)(C)CCNS(=O)[O-]. The fourth-order valence-corrected chi connectivity index (χ4v) is 0.778. The van der Waals surface area contributed by atoms with Gasteiger partial charge in [0, 0.05) is 17.8 Å². The van der Waals surface area contributed by atoms with E-state index in [-0.39, 0.29) is 5.41 Å². The molecular weight excluding hydrogens is 150 g/mol. The first kappa shape index (κ1) is 10.1. The van der Waals surface area contributed by atoms with Gasteiger partial charge in [0.2, 0.25) is 0 Å². The minimum Gasteiger partial charge on any atom is -0.760 e. The maximum Gasteiger partial charge on any atom is 0.0181 e. The second kappa shape index (κ2) is 4.05. The van der Waals surface area contributed by atoms with Crippen LogP contribution in [0.15, 0.2) is 0 Å². The minimum atomic E-state index is -2.10. The molecule has 0 aromatic rings. The number of hydrogen-bond acceptors (Lipinski definition) is 2. The lowest BCUT2D eigenvalue weighted by molar-refractivity contribution is 0.377. The van der Waals surface area contributed by atoms with Gasteiger partial charge in [-0.2, -0.15) is 0 Å². The van der Waals surface area contributed by atoms with Gasteiger partial charge in [-0.15, -0.1) is 0 Å². The van der Waals surface area contributed by atoms with E-state index in [4.69, 9.17) is 0 Å². The van der Waals surface area contributed by atoms with Crippen LogP contribution in [0.4, 0.5) is 0 Å². The van der Waals surface area contributed by atoms with Crippen molar-refractivity contribution in [2.75, 3.05) is 6.54 Å². The molecule has 0 fully saturated rings. The van der Waals surface area contributed by atoms with E-state index in [1.807, 2.05) is 0 Å². The van der Waals surface area contributed by atoms with Gasteiger partial charge in [0.15, 0.2) is 0 Å². The molecule has 4 heteroatoms. The molecule has 0 amide bonds. The maximum atomic E-state index is 9.97. The van der Waals surface area contributed by atoms with Crippen molar-refractivity contribution in [3.63, 3.8) is 0 Å². The molecule has 1 atom stereocenters. The number of rotatable bonds is 3. The quantitative estimate of drug-likeness (QED) is 0.627. The molecule has 0 saturated carbocycles. The minimum absolute atomic E-state index is 0.201. The van der Waals surface area contributed by atoms with Crippen molar-refractivity contribution in [1.29, 1.82) is 0 Å². The molecule has 3 nitrogen and oxygen atoms in total. The Morgan fingerprint density at radius 3 is 2.30 bits per heavy atom. The van der Waals surface area contributed by atoms with Gasteiger partial charge < -0.3 is 4.55 Å². The van der Waals surface area contributed by atoms with Crippen LogP contribution in [0.2, 0.25) is 0 Å². The summed E-state index contributed by atoms with van der Waals surface area (Å²) in [5.74, 6) is 0. The lowest BCUT2D eigenvalue weighted by atomic mass is 9.93. The molecule has 0 bridgehead atoms. The summed E-state index contributed by atoms with van der Waals surface area (Å²) in [6.45, 7) is 6.74. The zero-order chi connectivity index (χ0) is 8.20. The first-order chi connectivity index (χ1) is 4.42. The van der Waals surface area contributed by atoms with Crippen LogP contribution in [-0.2, 0) is 11.3 Å². The van der Waals surface area contributed by atoms with Crippen LogP contribution in [-0.4, -0.2) is 15.3 Å². The first-order valence-electron chi connectivity index (χ1n) is 3.24. The zero-order valence-electron chi connectivity index (χ0n) is 6.64. The Labute approximate surface area is 64.6 Å². The second-order valence-electron chi connectivity index (χ2n) is 3.44. The largest absolute Gasteiger partial charge is 0.760 e. The Morgan fingerprint density at radius 1 is 1.50 bits per heavy atom. The van der Waals surface area contributed by atoms with Crippen molar-refractivity contribution in [3.8, 4) is 0 Å². The Morgan fingerprint density at radius 2 is 2.00 bits per heavy atom. The Kier molecular flexibility index (Phi) is 4.08. The average molecular weight is 164 g/mol. The number of nitrogens with one attached hydrogen (secondary N) is 1. The van der Waals surface area contributed by atoms with Crippen molar-refractivity contribution in [2.45, 2.75) is 27.2 Å². The fraction of sp³-hybridized carbons (Fsp3) is 1.00.